The van der Waals surface area contributed by atoms with Crippen LogP contribution >= 0.6 is 0 Å². The standard InChI is InChI=1S/C9H10F3NO/c10-9(11,12)7-4-2-1-3-6(7)8(14)5-13/h1-4,8,14H,5,13H2. The molecule has 1 unspecified atom stereocenters. The van der Waals surface area contributed by atoms with Crippen molar-refractivity contribution in [2.24, 2.45) is 5.73 Å². The van der Waals surface area contributed by atoms with E-state index in [4.69, 9.17) is 5.73 Å². The van der Waals surface area contributed by atoms with E-state index in [9.17, 15) is 18.3 Å². The number of benzene rings is 1. The van der Waals surface area contributed by atoms with Crippen LogP contribution in [0.5, 0.6) is 0 Å². The molecule has 1 atom stereocenters. The number of alkyl halides is 3. The Bertz CT molecular complexity index is 311. The maximum atomic E-state index is 12.4. The van der Waals surface area contributed by atoms with E-state index in [1.165, 1.54) is 18.2 Å². The highest BCUT2D eigenvalue weighted by atomic mass is 19.4. The van der Waals surface area contributed by atoms with E-state index in [0.717, 1.165) is 6.07 Å². The SMILES string of the molecule is NCC(O)c1ccccc1C(F)(F)F. The van der Waals surface area contributed by atoms with Gasteiger partial charge in [-0.3, -0.25) is 0 Å². The summed E-state index contributed by atoms with van der Waals surface area (Å²) in [6, 6.07) is 4.85. The van der Waals surface area contributed by atoms with Crippen molar-refractivity contribution >= 4 is 0 Å². The molecule has 78 valence electrons. The van der Waals surface area contributed by atoms with Crippen molar-refractivity contribution in [3.05, 3.63) is 35.4 Å². The van der Waals surface area contributed by atoms with Gasteiger partial charge in [-0.25, -0.2) is 0 Å². The zero-order valence-corrected chi connectivity index (χ0v) is 7.25. The summed E-state index contributed by atoms with van der Waals surface area (Å²) < 4.78 is 37.2. The molecule has 0 spiro atoms. The molecule has 0 bridgehead atoms. The first-order valence-corrected chi connectivity index (χ1v) is 4.01. The molecule has 1 rings (SSSR count). The van der Waals surface area contributed by atoms with Gasteiger partial charge in [-0.05, 0) is 11.6 Å². The van der Waals surface area contributed by atoms with Crippen LogP contribution in [0.4, 0.5) is 13.2 Å². The Labute approximate surface area is 79.2 Å². The van der Waals surface area contributed by atoms with Crippen molar-refractivity contribution < 1.29 is 18.3 Å². The predicted molar refractivity (Wildman–Crippen MR) is 45.5 cm³/mol. The number of aliphatic hydroxyl groups is 1. The molecule has 0 heterocycles. The van der Waals surface area contributed by atoms with Crippen LogP contribution in [0.2, 0.25) is 0 Å². The Morgan fingerprint density at radius 3 is 2.36 bits per heavy atom. The van der Waals surface area contributed by atoms with Crippen LogP contribution in [0.1, 0.15) is 17.2 Å². The molecule has 3 N–H and O–H groups in total. The third kappa shape index (κ3) is 2.24. The van der Waals surface area contributed by atoms with Crippen LogP contribution in [0, 0.1) is 0 Å². The van der Waals surface area contributed by atoms with E-state index < -0.39 is 17.8 Å². The molecule has 0 aliphatic rings. The van der Waals surface area contributed by atoms with Crippen LogP contribution < -0.4 is 5.73 Å². The summed E-state index contributed by atoms with van der Waals surface area (Å²) >= 11 is 0. The van der Waals surface area contributed by atoms with E-state index in [2.05, 4.69) is 0 Å². The van der Waals surface area contributed by atoms with E-state index in [1.807, 2.05) is 0 Å². The van der Waals surface area contributed by atoms with Crippen molar-refractivity contribution in [1.82, 2.24) is 0 Å². The number of halogens is 3. The normalized spacial score (nSPS) is 14.1. The molecule has 0 fully saturated rings. The van der Waals surface area contributed by atoms with E-state index in [1.54, 1.807) is 0 Å². The number of rotatable bonds is 2. The molecule has 0 aliphatic carbocycles. The molecular formula is C9H10F3NO. The highest BCUT2D eigenvalue weighted by Gasteiger charge is 2.34. The molecular weight excluding hydrogens is 195 g/mol. The van der Waals surface area contributed by atoms with Gasteiger partial charge in [-0.15, -0.1) is 0 Å². The summed E-state index contributed by atoms with van der Waals surface area (Å²) in [5, 5.41) is 9.25. The summed E-state index contributed by atoms with van der Waals surface area (Å²) in [7, 11) is 0. The topological polar surface area (TPSA) is 46.2 Å². The molecule has 1 aromatic carbocycles. The Morgan fingerprint density at radius 1 is 1.29 bits per heavy atom. The molecule has 0 saturated carbocycles. The number of nitrogens with two attached hydrogens (primary N) is 1. The van der Waals surface area contributed by atoms with Crippen molar-refractivity contribution in [3.63, 3.8) is 0 Å². The van der Waals surface area contributed by atoms with E-state index in [-0.39, 0.29) is 12.1 Å². The molecule has 0 saturated heterocycles. The van der Waals surface area contributed by atoms with Crippen molar-refractivity contribution in [1.29, 1.82) is 0 Å². The molecule has 0 radical (unpaired) electrons. The maximum absolute atomic E-state index is 12.4. The molecule has 0 aliphatic heterocycles. The first-order valence-electron chi connectivity index (χ1n) is 4.01. The first kappa shape index (κ1) is 11.0. The molecule has 1 aromatic rings. The lowest BCUT2D eigenvalue weighted by atomic mass is 10.0. The van der Waals surface area contributed by atoms with Crippen molar-refractivity contribution in [3.8, 4) is 0 Å². The monoisotopic (exact) mass is 205 g/mol. The van der Waals surface area contributed by atoms with Gasteiger partial charge in [-0.1, -0.05) is 18.2 Å². The van der Waals surface area contributed by atoms with Crippen LogP contribution in [-0.2, 0) is 6.18 Å². The third-order valence-electron chi connectivity index (χ3n) is 1.85. The van der Waals surface area contributed by atoms with E-state index >= 15 is 0 Å². The van der Waals surface area contributed by atoms with Gasteiger partial charge in [0.05, 0.1) is 11.7 Å². The van der Waals surface area contributed by atoms with Crippen molar-refractivity contribution in [2.45, 2.75) is 12.3 Å². The zero-order chi connectivity index (χ0) is 10.8. The minimum Gasteiger partial charge on any atom is -0.387 e. The maximum Gasteiger partial charge on any atom is 0.416 e. The fraction of sp³-hybridized carbons (Fsp3) is 0.333. The lowest BCUT2D eigenvalue weighted by molar-refractivity contribution is -0.139. The summed E-state index contributed by atoms with van der Waals surface area (Å²) in [4.78, 5) is 0. The summed E-state index contributed by atoms with van der Waals surface area (Å²) in [5.41, 5.74) is 4.09. The molecule has 14 heavy (non-hydrogen) atoms. The second kappa shape index (κ2) is 3.98. The Morgan fingerprint density at radius 2 is 1.86 bits per heavy atom. The van der Waals surface area contributed by atoms with Crippen LogP contribution in [0.3, 0.4) is 0 Å². The largest absolute Gasteiger partial charge is 0.416 e. The average Bonchev–Trinajstić information content (AvgIpc) is 2.15. The fourth-order valence-electron chi connectivity index (χ4n) is 1.17. The number of hydrogen-bond acceptors (Lipinski definition) is 2. The van der Waals surface area contributed by atoms with Gasteiger partial charge in [0.15, 0.2) is 0 Å². The highest BCUT2D eigenvalue weighted by Crippen LogP contribution is 2.34. The quantitative estimate of drug-likeness (QED) is 0.771. The Kier molecular flexibility index (Phi) is 3.13. The van der Waals surface area contributed by atoms with Crippen LogP contribution in [-0.4, -0.2) is 11.7 Å². The second-order valence-corrected chi connectivity index (χ2v) is 2.84. The fourth-order valence-corrected chi connectivity index (χ4v) is 1.17. The molecule has 2 nitrogen and oxygen atoms in total. The van der Waals surface area contributed by atoms with Gasteiger partial charge in [0, 0.05) is 6.54 Å². The average molecular weight is 205 g/mol. The minimum atomic E-state index is -4.45. The minimum absolute atomic E-state index is 0.178. The predicted octanol–water partition coefficient (Wildman–Crippen LogP) is 1.70. The molecule has 0 amide bonds. The van der Waals surface area contributed by atoms with Gasteiger partial charge in [-0.2, -0.15) is 13.2 Å². The van der Waals surface area contributed by atoms with Gasteiger partial charge in [0.25, 0.3) is 0 Å². The Balaban J connectivity index is 3.16. The first-order chi connectivity index (χ1) is 6.46. The van der Waals surface area contributed by atoms with Gasteiger partial charge < -0.3 is 10.8 Å². The van der Waals surface area contributed by atoms with E-state index in [0.29, 0.717) is 0 Å². The Hall–Kier alpha value is -1.07. The highest BCUT2D eigenvalue weighted by molar-refractivity contribution is 5.31. The molecule has 5 heteroatoms. The van der Waals surface area contributed by atoms with Crippen molar-refractivity contribution in [2.75, 3.05) is 6.54 Å². The van der Waals surface area contributed by atoms with Gasteiger partial charge in [0.2, 0.25) is 0 Å². The summed E-state index contributed by atoms with van der Waals surface area (Å²) in [6.45, 7) is -0.229. The van der Waals surface area contributed by atoms with Crippen LogP contribution in [0.25, 0.3) is 0 Å². The molecule has 0 aromatic heterocycles. The number of hydrogen-bond donors (Lipinski definition) is 2. The smallest absolute Gasteiger partial charge is 0.387 e. The lowest BCUT2D eigenvalue weighted by Gasteiger charge is -2.15. The third-order valence-corrected chi connectivity index (χ3v) is 1.85. The second-order valence-electron chi connectivity index (χ2n) is 2.84. The summed E-state index contributed by atoms with van der Waals surface area (Å²) in [6.07, 6.45) is -5.72. The zero-order valence-electron chi connectivity index (χ0n) is 7.25. The van der Waals surface area contributed by atoms with Crippen LogP contribution in [0.15, 0.2) is 24.3 Å². The van der Waals surface area contributed by atoms with Gasteiger partial charge in [0.1, 0.15) is 0 Å². The summed E-state index contributed by atoms with van der Waals surface area (Å²) in [5.74, 6) is 0. The lowest BCUT2D eigenvalue weighted by Crippen LogP contribution is -2.17. The number of aliphatic hydroxyl groups excluding tert-OH is 1. The van der Waals surface area contributed by atoms with Gasteiger partial charge >= 0.3 is 6.18 Å².